The Labute approximate surface area is 83.1 Å². The van der Waals surface area contributed by atoms with Gasteiger partial charge in [-0.2, -0.15) is 0 Å². The Bertz CT molecular complexity index is 267. The molecule has 5 nitrogen and oxygen atoms in total. The summed E-state index contributed by atoms with van der Waals surface area (Å²) in [6.45, 7) is 2.88. The molecule has 0 N–H and O–H groups in total. The normalized spacial score (nSPS) is 13.1. The first kappa shape index (κ1) is 13.2. The molecule has 0 amide bonds. The van der Waals surface area contributed by atoms with E-state index in [1.54, 1.807) is 0 Å². The number of esters is 2. The van der Waals surface area contributed by atoms with Gasteiger partial charge in [-0.1, -0.05) is 0 Å². The van der Waals surface area contributed by atoms with Crippen molar-refractivity contribution in [1.29, 1.82) is 0 Å². The topological polar surface area (TPSA) is 69.7 Å². The van der Waals surface area contributed by atoms with Crippen molar-refractivity contribution in [1.82, 2.24) is 0 Å². The summed E-state index contributed by atoms with van der Waals surface area (Å²) in [7, 11) is -0.279. The summed E-state index contributed by atoms with van der Waals surface area (Å²) in [6.07, 6.45) is -0.201. The van der Waals surface area contributed by atoms with E-state index in [0.29, 0.717) is 0 Å². The van der Waals surface area contributed by atoms with E-state index in [2.05, 4.69) is 9.47 Å². The number of ether oxygens (including phenoxy) is 2. The quantitative estimate of drug-likeness (QED) is 0.517. The summed E-state index contributed by atoms with van der Waals surface area (Å²) in [6, 6.07) is 0. The van der Waals surface area contributed by atoms with Gasteiger partial charge < -0.3 is 14.0 Å². The van der Waals surface area contributed by atoms with Gasteiger partial charge in [0.15, 0.2) is 0 Å². The minimum absolute atomic E-state index is 0.201. The Morgan fingerprint density at radius 2 is 1.71 bits per heavy atom. The van der Waals surface area contributed by atoms with E-state index in [0.717, 1.165) is 0 Å². The highest BCUT2D eigenvalue weighted by Crippen LogP contribution is 2.44. The summed E-state index contributed by atoms with van der Waals surface area (Å²) >= 11 is 0. The van der Waals surface area contributed by atoms with Gasteiger partial charge in [0.25, 0.3) is 0 Å². The molecule has 0 saturated carbocycles. The van der Waals surface area contributed by atoms with Crippen molar-refractivity contribution in [2.75, 3.05) is 27.5 Å². The molecule has 1 unspecified atom stereocenters. The monoisotopic (exact) mass is 222 g/mol. The van der Waals surface area contributed by atoms with E-state index in [1.165, 1.54) is 27.5 Å². The first-order chi connectivity index (χ1) is 6.32. The molecule has 14 heavy (non-hydrogen) atoms. The fourth-order valence-electron chi connectivity index (χ4n) is 0.934. The molecular formula is C8H15O5P. The maximum Gasteiger partial charge on any atom is 0.316 e. The fourth-order valence-corrected chi connectivity index (χ4v) is 2.14. The highest BCUT2D eigenvalue weighted by atomic mass is 31.2. The molecule has 0 saturated heterocycles. The minimum Gasteiger partial charge on any atom is -0.469 e. The largest absolute Gasteiger partial charge is 0.469 e. The van der Waals surface area contributed by atoms with Gasteiger partial charge in [0, 0.05) is 0 Å². The molecule has 0 spiro atoms. The third-order valence-electron chi connectivity index (χ3n) is 1.81. The predicted octanol–water partition coefficient (Wildman–Crippen LogP) is 0.714. The molecule has 0 bridgehead atoms. The van der Waals surface area contributed by atoms with Crippen LogP contribution in [0.15, 0.2) is 0 Å². The molecule has 1 atom stereocenters. The molecule has 0 radical (unpaired) electrons. The SMILES string of the molecule is COC(=O)CC(C(=O)OC)P(C)(C)=O. The smallest absolute Gasteiger partial charge is 0.316 e. The molecule has 0 aromatic rings. The predicted molar refractivity (Wildman–Crippen MR) is 51.9 cm³/mol. The number of carbonyl (C=O) groups is 2. The van der Waals surface area contributed by atoms with Crippen molar-refractivity contribution in [3.63, 3.8) is 0 Å². The lowest BCUT2D eigenvalue weighted by Gasteiger charge is -2.17. The van der Waals surface area contributed by atoms with Crippen molar-refractivity contribution < 1.29 is 23.6 Å². The van der Waals surface area contributed by atoms with Crippen LogP contribution in [0.3, 0.4) is 0 Å². The molecule has 0 aromatic carbocycles. The maximum atomic E-state index is 11.7. The van der Waals surface area contributed by atoms with Gasteiger partial charge in [-0.3, -0.25) is 9.59 Å². The van der Waals surface area contributed by atoms with Gasteiger partial charge in [0.1, 0.15) is 5.66 Å². The van der Waals surface area contributed by atoms with Gasteiger partial charge in [0.05, 0.1) is 27.8 Å². The second-order valence-electron chi connectivity index (χ2n) is 3.25. The summed E-state index contributed by atoms with van der Waals surface area (Å²) < 4.78 is 20.5. The maximum absolute atomic E-state index is 11.7. The zero-order valence-electron chi connectivity index (χ0n) is 8.77. The molecule has 6 heteroatoms. The Balaban J connectivity index is 4.67. The second kappa shape index (κ2) is 5.15. The van der Waals surface area contributed by atoms with Crippen LogP contribution in [0.2, 0.25) is 0 Å². The minimum atomic E-state index is -2.69. The van der Waals surface area contributed by atoms with Crippen molar-refractivity contribution in [2.45, 2.75) is 12.1 Å². The number of hydrogen-bond acceptors (Lipinski definition) is 5. The Kier molecular flexibility index (Phi) is 4.85. The van der Waals surface area contributed by atoms with Crippen LogP contribution in [0.25, 0.3) is 0 Å². The lowest BCUT2D eigenvalue weighted by molar-refractivity contribution is -0.146. The van der Waals surface area contributed by atoms with Gasteiger partial charge in [-0.05, 0) is 13.3 Å². The molecule has 0 aliphatic rings. The second-order valence-corrected chi connectivity index (χ2v) is 6.75. The van der Waals surface area contributed by atoms with Crippen LogP contribution in [-0.4, -0.2) is 45.1 Å². The average molecular weight is 222 g/mol. The number of methoxy groups -OCH3 is 2. The van der Waals surface area contributed by atoms with E-state index in [9.17, 15) is 14.2 Å². The standard InChI is InChI=1S/C8H15O5P/c1-12-7(9)5-6(8(10)13-2)14(3,4)11/h6H,5H2,1-4H3. The van der Waals surface area contributed by atoms with E-state index in [4.69, 9.17) is 0 Å². The fraction of sp³-hybridized carbons (Fsp3) is 0.750. The molecule has 0 aromatic heterocycles. The van der Waals surface area contributed by atoms with E-state index in [1.807, 2.05) is 0 Å². The number of hydrogen-bond donors (Lipinski definition) is 0. The van der Waals surface area contributed by atoms with Crippen LogP contribution in [0.5, 0.6) is 0 Å². The van der Waals surface area contributed by atoms with Crippen LogP contribution in [-0.2, 0) is 23.6 Å². The Morgan fingerprint density at radius 3 is 2.00 bits per heavy atom. The summed E-state index contributed by atoms with van der Waals surface area (Å²) in [4.78, 5) is 22.1. The lowest BCUT2D eigenvalue weighted by atomic mass is 10.3. The number of carbonyl (C=O) groups excluding carboxylic acids is 2. The Hall–Kier alpha value is -0.830. The van der Waals surface area contributed by atoms with E-state index >= 15 is 0 Å². The first-order valence-corrected chi connectivity index (χ1v) is 6.69. The van der Waals surface area contributed by atoms with Crippen LogP contribution in [0, 0.1) is 0 Å². The molecule has 0 aliphatic carbocycles. The van der Waals surface area contributed by atoms with Gasteiger partial charge >= 0.3 is 11.9 Å². The molecule has 0 heterocycles. The zero-order valence-corrected chi connectivity index (χ0v) is 9.67. The molecule has 0 rings (SSSR count). The van der Waals surface area contributed by atoms with Gasteiger partial charge in [-0.25, -0.2) is 0 Å². The molecule has 0 aliphatic heterocycles. The van der Waals surface area contributed by atoms with Crippen LogP contribution < -0.4 is 0 Å². The average Bonchev–Trinajstić information content (AvgIpc) is 2.10. The van der Waals surface area contributed by atoms with Crippen LogP contribution in [0.4, 0.5) is 0 Å². The summed E-state index contributed by atoms with van der Waals surface area (Å²) in [5.74, 6) is -1.20. The Morgan fingerprint density at radius 1 is 1.21 bits per heavy atom. The molecular weight excluding hydrogens is 207 g/mol. The molecule has 0 fully saturated rings. The van der Waals surface area contributed by atoms with Crippen molar-refractivity contribution >= 4 is 19.1 Å². The third-order valence-corrected chi connectivity index (χ3v) is 3.71. The van der Waals surface area contributed by atoms with Gasteiger partial charge in [0.2, 0.25) is 0 Å². The third kappa shape index (κ3) is 3.92. The number of rotatable bonds is 4. The van der Waals surface area contributed by atoms with Crippen molar-refractivity contribution in [3.05, 3.63) is 0 Å². The highest BCUT2D eigenvalue weighted by Gasteiger charge is 2.33. The highest BCUT2D eigenvalue weighted by molar-refractivity contribution is 7.64. The van der Waals surface area contributed by atoms with Crippen LogP contribution >= 0.6 is 7.14 Å². The molecule has 82 valence electrons. The van der Waals surface area contributed by atoms with E-state index in [-0.39, 0.29) is 6.42 Å². The van der Waals surface area contributed by atoms with Crippen LogP contribution in [0.1, 0.15) is 6.42 Å². The lowest BCUT2D eigenvalue weighted by Crippen LogP contribution is -2.25. The summed E-state index contributed by atoms with van der Waals surface area (Å²) in [5, 5.41) is 0. The van der Waals surface area contributed by atoms with Crippen molar-refractivity contribution in [2.24, 2.45) is 0 Å². The summed E-state index contributed by atoms with van der Waals surface area (Å²) in [5.41, 5.74) is -0.903. The van der Waals surface area contributed by atoms with Crippen molar-refractivity contribution in [3.8, 4) is 0 Å². The zero-order chi connectivity index (χ0) is 11.4. The van der Waals surface area contributed by atoms with E-state index < -0.39 is 24.7 Å². The van der Waals surface area contributed by atoms with Gasteiger partial charge in [-0.15, -0.1) is 0 Å². The first-order valence-electron chi connectivity index (χ1n) is 4.02.